The lowest BCUT2D eigenvalue weighted by atomic mass is 10.3. The molecular weight excluding hydrogens is 312 g/mol. The third-order valence-corrected chi connectivity index (χ3v) is 5.39. The molecule has 102 valence electrons. The Morgan fingerprint density at radius 2 is 2.16 bits per heavy atom. The number of benzene rings is 1. The zero-order valence-corrected chi connectivity index (χ0v) is 12.0. The molecule has 0 saturated carbocycles. The van der Waals surface area contributed by atoms with Gasteiger partial charge in [0.25, 0.3) is 0 Å². The Bertz CT molecular complexity index is 726. The van der Waals surface area contributed by atoms with Gasteiger partial charge in [0.2, 0.25) is 0 Å². The molecule has 0 radical (unpaired) electrons. The fourth-order valence-electron chi connectivity index (χ4n) is 1.68. The van der Waals surface area contributed by atoms with Crippen molar-refractivity contribution in [2.75, 3.05) is 11.6 Å². The zero-order valence-electron chi connectivity index (χ0n) is 9.58. The van der Waals surface area contributed by atoms with Crippen LogP contribution < -0.4 is 0 Å². The van der Waals surface area contributed by atoms with Crippen LogP contribution in [0.15, 0.2) is 22.5 Å². The minimum Gasteiger partial charge on any atom is -0.258 e. The second kappa shape index (κ2) is 5.40. The molecule has 0 fully saturated rings. The van der Waals surface area contributed by atoms with Gasteiger partial charge in [0.1, 0.15) is 4.90 Å². The fourth-order valence-corrected chi connectivity index (χ4v) is 4.14. The van der Waals surface area contributed by atoms with Crippen molar-refractivity contribution in [3.8, 4) is 0 Å². The number of sulfone groups is 1. The van der Waals surface area contributed by atoms with Crippen LogP contribution in [0.4, 0.5) is 5.69 Å². The van der Waals surface area contributed by atoms with Crippen molar-refractivity contribution in [1.29, 1.82) is 0 Å². The van der Waals surface area contributed by atoms with Crippen LogP contribution in [0.5, 0.6) is 0 Å². The Balaban J connectivity index is 2.66. The quantitative estimate of drug-likeness (QED) is 0.480. The fraction of sp³-hybridized carbons (Fsp3) is 0.300. The van der Waals surface area contributed by atoms with Gasteiger partial charge in [-0.25, -0.2) is 13.4 Å². The van der Waals surface area contributed by atoms with Crippen LogP contribution in [0.3, 0.4) is 0 Å². The van der Waals surface area contributed by atoms with Gasteiger partial charge in [-0.1, -0.05) is 0 Å². The summed E-state index contributed by atoms with van der Waals surface area (Å²) in [6.07, 6.45) is 0.246. The molecule has 0 saturated heterocycles. The van der Waals surface area contributed by atoms with Gasteiger partial charge in [-0.15, -0.1) is 22.9 Å². The van der Waals surface area contributed by atoms with E-state index in [0.717, 1.165) is 0 Å². The summed E-state index contributed by atoms with van der Waals surface area (Å²) in [6, 6.07) is 2.80. The van der Waals surface area contributed by atoms with Crippen LogP contribution in [-0.2, 0) is 9.84 Å². The van der Waals surface area contributed by atoms with Gasteiger partial charge < -0.3 is 0 Å². The molecule has 0 amide bonds. The van der Waals surface area contributed by atoms with Gasteiger partial charge in [-0.2, -0.15) is 0 Å². The predicted octanol–water partition coefficient (Wildman–Crippen LogP) is 2.61. The summed E-state index contributed by atoms with van der Waals surface area (Å²) in [5, 5.41) is 11.1. The van der Waals surface area contributed by atoms with E-state index >= 15 is 0 Å². The van der Waals surface area contributed by atoms with Crippen molar-refractivity contribution in [3.05, 3.63) is 27.8 Å². The van der Waals surface area contributed by atoms with Crippen molar-refractivity contribution < 1.29 is 13.3 Å². The maximum atomic E-state index is 12.1. The summed E-state index contributed by atoms with van der Waals surface area (Å²) in [5.41, 5.74) is 1.11. The molecule has 1 aromatic heterocycles. The molecule has 2 aromatic rings. The number of alkyl halides is 1. The van der Waals surface area contributed by atoms with E-state index in [-0.39, 0.29) is 28.5 Å². The molecule has 0 atom stereocenters. The van der Waals surface area contributed by atoms with Gasteiger partial charge in [0.15, 0.2) is 15.4 Å². The molecule has 1 aromatic carbocycles. The van der Waals surface area contributed by atoms with Crippen LogP contribution in [0.1, 0.15) is 6.42 Å². The van der Waals surface area contributed by atoms with Gasteiger partial charge in [0.05, 0.1) is 20.9 Å². The highest BCUT2D eigenvalue weighted by molar-refractivity contribution is 7.91. The number of rotatable bonds is 5. The van der Waals surface area contributed by atoms with E-state index in [1.165, 1.54) is 29.0 Å². The molecule has 6 nitrogen and oxygen atoms in total. The molecule has 0 aliphatic rings. The normalized spacial score (nSPS) is 11.8. The van der Waals surface area contributed by atoms with E-state index in [0.29, 0.717) is 4.70 Å². The van der Waals surface area contributed by atoms with E-state index in [1.54, 1.807) is 0 Å². The molecule has 0 aliphatic carbocycles. The molecule has 9 heteroatoms. The molecule has 0 aliphatic heterocycles. The SMILES string of the molecule is O=[N+]([O-])c1c(S(=O)(=O)CCCCl)ccc2scnc12. The summed E-state index contributed by atoms with van der Waals surface area (Å²) in [7, 11) is -3.73. The molecule has 0 N–H and O–H groups in total. The lowest BCUT2D eigenvalue weighted by Gasteiger charge is -2.04. The first-order valence-electron chi connectivity index (χ1n) is 5.26. The lowest BCUT2D eigenvalue weighted by Crippen LogP contribution is -2.10. The molecule has 0 bridgehead atoms. The number of hydrogen-bond donors (Lipinski definition) is 0. The van der Waals surface area contributed by atoms with E-state index in [9.17, 15) is 18.5 Å². The third kappa shape index (κ3) is 2.70. The van der Waals surface area contributed by atoms with Crippen LogP contribution in [-0.4, -0.2) is 30.0 Å². The number of thiazole rings is 1. The second-order valence-corrected chi connectivity index (χ2v) is 7.07. The number of hydrogen-bond acceptors (Lipinski definition) is 6. The largest absolute Gasteiger partial charge is 0.314 e. The molecule has 19 heavy (non-hydrogen) atoms. The summed E-state index contributed by atoms with van der Waals surface area (Å²) >= 11 is 6.69. The number of fused-ring (bicyclic) bond motifs is 1. The highest BCUT2D eigenvalue weighted by Crippen LogP contribution is 2.34. The molecular formula is C10H9ClN2O4S2. The van der Waals surface area contributed by atoms with Crippen molar-refractivity contribution in [3.63, 3.8) is 0 Å². The Morgan fingerprint density at radius 1 is 1.42 bits per heavy atom. The summed E-state index contributed by atoms with van der Waals surface area (Å²) in [5.74, 6) is -0.0288. The highest BCUT2D eigenvalue weighted by atomic mass is 35.5. The van der Waals surface area contributed by atoms with E-state index in [4.69, 9.17) is 11.6 Å². The average molecular weight is 321 g/mol. The summed E-state index contributed by atoms with van der Waals surface area (Å²) in [4.78, 5) is 14.0. The third-order valence-electron chi connectivity index (χ3n) is 2.50. The first-order valence-corrected chi connectivity index (χ1v) is 8.33. The standard InChI is InChI=1S/C10H9ClN2O4S2/c11-4-1-5-19(16,17)8-3-2-7-9(12-6-18-7)10(8)13(14)15/h2-3,6H,1,4-5H2. The van der Waals surface area contributed by atoms with E-state index in [2.05, 4.69) is 4.98 Å². The minimum atomic E-state index is -3.73. The molecule has 2 rings (SSSR count). The van der Waals surface area contributed by atoms with Crippen LogP contribution >= 0.6 is 22.9 Å². The number of nitro groups is 1. The number of nitrogens with zero attached hydrogens (tertiary/aromatic N) is 2. The van der Waals surface area contributed by atoms with Crippen LogP contribution in [0, 0.1) is 10.1 Å². The number of halogens is 1. The lowest BCUT2D eigenvalue weighted by molar-refractivity contribution is -0.386. The van der Waals surface area contributed by atoms with Crippen LogP contribution in [0.2, 0.25) is 0 Å². The molecule has 0 spiro atoms. The zero-order chi connectivity index (χ0) is 14.0. The first kappa shape index (κ1) is 14.2. The first-order chi connectivity index (χ1) is 8.97. The van der Waals surface area contributed by atoms with Crippen LogP contribution in [0.25, 0.3) is 10.2 Å². The Morgan fingerprint density at radius 3 is 2.79 bits per heavy atom. The maximum absolute atomic E-state index is 12.1. The average Bonchev–Trinajstić information content (AvgIpc) is 2.82. The Hall–Kier alpha value is -1.25. The van der Waals surface area contributed by atoms with Gasteiger partial charge in [-0.3, -0.25) is 10.1 Å². The van der Waals surface area contributed by atoms with Gasteiger partial charge in [0, 0.05) is 5.88 Å². The van der Waals surface area contributed by atoms with E-state index < -0.39 is 20.4 Å². The number of aromatic nitrogens is 1. The smallest absolute Gasteiger partial charge is 0.258 e. The predicted molar refractivity (Wildman–Crippen MR) is 73.7 cm³/mol. The minimum absolute atomic E-state index is 0.113. The Kier molecular flexibility index (Phi) is 4.02. The Labute approximate surface area is 118 Å². The molecule has 0 unspecified atom stereocenters. The van der Waals surface area contributed by atoms with Crippen molar-refractivity contribution in [2.24, 2.45) is 0 Å². The van der Waals surface area contributed by atoms with E-state index in [1.807, 2.05) is 0 Å². The van der Waals surface area contributed by atoms with Crippen molar-refractivity contribution >= 4 is 48.7 Å². The highest BCUT2D eigenvalue weighted by Gasteiger charge is 2.29. The number of nitro benzene ring substituents is 1. The van der Waals surface area contributed by atoms with Gasteiger partial charge >= 0.3 is 5.69 Å². The topological polar surface area (TPSA) is 90.2 Å². The second-order valence-electron chi connectivity index (χ2n) is 3.73. The van der Waals surface area contributed by atoms with Crippen molar-refractivity contribution in [2.45, 2.75) is 11.3 Å². The van der Waals surface area contributed by atoms with Gasteiger partial charge in [-0.05, 0) is 18.6 Å². The summed E-state index contributed by atoms with van der Waals surface area (Å²) < 4.78 is 24.8. The maximum Gasteiger partial charge on any atom is 0.314 e. The van der Waals surface area contributed by atoms with Crippen molar-refractivity contribution in [1.82, 2.24) is 4.98 Å². The monoisotopic (exact) mass is 320 g/mol. The molecule has 1 heterocycles. The summed E-state index contributed by atoms with van der Waals surface area (Å²) in [6.45, 7) is 0.